The van der Waals surface area contributed by atoms with Gasteiger partial charge in [0, 0.05) is 5.70 Å². The van der Waals surface area contributed by atoms with E-state index in [0.29, 0.717) is 6.61 Å². The van der Waals surface area contributed by atoms with Crippen LogP contribution < -0.4 is 5.73 Å². The fourth-order valence-corrected chi connectivity index (χ4v) is 0.826. The Hall–Kier alpha value is -0.830. The second kappa shape index (κ2) is 3.37. The van der Waals surface area contributed by atoms with Gasteiger partial charge in [-0.1, -0.05) is 0 Å². The Morgan fingerprint density at radius 1 is 1.80 bits per heavy atom. The summed E-state index contributed by atoms with van der Waals surface area (Å²) in [6.45, 7) is 3.95. The molecule has 0 saturated heterocycles. The Kier molecular flexibility index (Phi) is 2.45. The first-order valence-corrected chi connectivity index (χ1v) is 3.34. The van der Waals surface area contributed by atoms with E-state index in [1.165, 1.54) is 0 Å². The van der Waals surface area contributed by atoms with Crippen LogP contribution in [0.15, 0.2) is 16.8 Å². The van der Waals surface area contributed by atoms with Gasteiger partial charge in [0.1, 0.15) is 0 Å². The molecular weight excluding hydrogens is 128 g/mol. The van der Waals surface area contributed by atoms with Crippen molar-refractivity contribution >= 4 is 5.71 Å². The molecule has 3 nitrogen and oxygen atoms in total. The van der Waals surface area contributed by atoms with E-state index in [1.54, 1.807) is 0 Å². The lowest BCUT2D eigenvalue weighted by Gasteiger charge is -2.09. The van der Waals surface area contributed by atoms with Crippen molar-refractivity contribution in [1.82, 2.24) is 0 Å². The molecule has 2 N–H and O–H groups in total. The van der Waals surface area contributed by atoms with Crippen LogP contribution in [0, 0.1) is 0 Å². The first kappa shape index (κ1) is 7.28. The summed E-state index contributed by atoms with van der Waals surface area (Å²) < 4.78 is 5.15. The quantitative estimate of drug-likeness (QED) is 0.570. The van der Waals surface area contributed by atoms with Gasteiger partial charge in [0.2, 0.25) is 0 Å². The van der Waals surface area contributed by atoms with Gasteiger partial charge in [-0.05, 0) is 13.0 Å². The van der Waals surface area contributed by atoms with E-state index in [-0.39, 0.29) is 0 Å². The number of nitrogens with zero attached hydrogens (tertiary/aromatic N) is 1. The molecule has 1 aliphatic rings. The number of allylic oxidation sites excluding steroid dienone is 1. The molecule has 3 heteroatoms. The molecule has 0 bridgehead atoms. The number of hydrogen-bond donors (Lipinski definition) is 1. The molecule has 0 amide bonds. The van der Waals surface area contributed by atoms with Crippen LogP contribution in [-0.4, -0.2) is 25.5 Å². The Labute approximate surface area is 60.6 Å². The molecule has 0 radical (unpaired) electrons. The Morgan fingerprint density at radius 3 is 3.10 bits per heavy atom. The van der Waals surface area contributed by atoms with Crippen LogP contribution in [-0.2, 0) is 4.74 Å². The lowest BCUT2D eigenvalue weighted by molar-refractivity contribution is 0.171. The van der Waals surface area contributed by atoms with Gasteiger partial charge in [0.05, 0.1) is 25.5 Å². The first-order chi connectivity index (χ1) is 4.79. The van der Waals surface area contributed by atoms with E-state index in [1.807, 2.05) is 13.0 Å². The van der Waals surface area contributed by atoms with Gasteiger partial charge >= 0.3 is 0 Å². The zero-order chi connectivity index (χ0) is 7.40. The Morgan fingerprint density at radius 2 is 2.60 bits per heavy atom. The van der Waals surface area contributed by atoms with E-state index >= 15 is 0 Å². The van der Waals surface area contributed by atoms with Gasteiger partial charge in [-0.15, -0.1) is 0 Å². The van der Waals surface area contributed by atoms with Gasteiger partial charge in [-0.2, -0.15) is 0 Å². The normalized spacial score (nSPS) is 20.5. The predicted octanol–water partition coefficient (Wildman–Crippen LogP) is 0.320. The summed E-state index contributed by atoms with van der Waals surface area (Å²) in [6, 6.07) is 0. The third-order valence-corrected chi connectivity index (χ3v) is 1.19. The zero-order valence-corrected chi connectivity index (χ0v) is 6.13. The summed E-state index contributed by atoms with van der Waals surface area (Å²) in [7, 11) is 0. The molecular formula is C7H12N2O. The van der Waals surface area contributed by atoms with Crippen molar-refractivity contribution in [2.45, 2.75) is 6.92 Å². The van der Waals surface area contributed by atoms with Crippen LogP contribution in [0.3, 0.4) is 0 Å². The predicted molar refractivity (Wildman–Crippen MR) is 41.1 cm³/mol. The van der Waals surface area contributed by atoms with Crippen molar-refractivity contribution in [2.24, 2.45) is 10.7 Å². The van der Waals surface area contributed by atoms with Crippen molar-refractivity contribution in [2.75, 3.05) is 19.8 Å². The largest absolute Gasteiger partial charge is 0.402 e. The number of rotatable bonds is 1. The third-order valence-electron chi connectivity index (χ3n) is 1.19. The van der Waals surface area contributed by atoms with Crippen molar-refractivity contribution in [3.63, 3.8) is 0 Å². The highest BCUT2D eigenvalue weighted by Crippen LogP contribution is 1.94. The molecule has 0 aromatic rings. The van der Waals surface area contributed by atoms with E-state index in [4.69, 9.17) is 10.5 Å². The number of aliphatic imine (C=N–C) groups is 1. The van der Waals surface area contributed by atoms with Gasteiger partial charge in [-0.3, -0.25) is 4.99 Å². The molecule has 1 rings (SSSR count). The average molecular weight is 140 g/mol. The van der Waals surface area contributed by atoms with Crippen LogP contribution in [0.1, 0.15) is 6.92 Å². The van der Waals surface area contributed by atoms with Crippen molar-refractivity contribution in [1.29, 1.82) is 0 Å². The molecule has 1 heterocycles. The summed E-state index contributed by atoms with van der Waals surface area (Å²) >= 11 is 0. The summed E-state index contributed by atoms with van der Waals surface area (Å²) in [4.78, 5) is 4.20. The van der Waals surface area contributed by atoms with E-state index in [9.17, 15) is 0 Å². The molecule has 1 aliphatic heterocycles. The summed E-state index contributed by atoms with van der Waals surface area (Å²) in [5.41, 5.74) is 7.18. The highest BCUT2D eigenvalue weighted by Gasteiger charge is 2.00. The highest BCUT2D eigenvalue weighted by atomic mass is 16.5. The van der Waals surface area contributed by atoms with Crippen LogP contribution >= 0.6 is 0 Å². The van der Waals surface area contributed by atoms with E-state index < -0.39 is 0 Å². The number of ether oxygens (including phenoxy) is 1. The molecule has 0 aliphatic carbocycles. The fraction of sp³-hybridized carbons (Fsp3) is 0.571. The zero-order valence-electron chi connectivity index (χ0n) is 6.13. The van der Waals surface area contributed by atoms with Crippen LogP contribution in [0.5, 0.6) is 0 Å². The standard InChI is InChI=1S/C7H12N2O/c1-6(8)4-7-5-10-3-2-9-7/h4H,2-3,5,8H2,1H3. The maximum Gasteiger partial charge on any atom is 0.0885 e. The van der Waals surface area contributed by atoms with Crippen LogP contribution in [0.25, 0.3) is 0 Å². The average Bonchev–Trinajstić information content (AvgIpc) is 1.88. The smallest absolute Gasteiger partial charge is 0.0885 e. The highest BCUT2D eigenvalue weighted by molar-refractivity contribution is 5.96. The second-order valence-corrected chi connectivity index (χ2v) is 2.31. The van der Waals surface area contributed by atoms with Crippen molar-refractivity contribution < 1.29 is 4.74 Å². The molecule has 0 atom stereocenters. The molecule has 0 saturated carbocycles. The Balaban J connectivity index is 2.54. The molecule has 0 aromatic heterocycles. The molecule has 10 heavy (non-hydrogen) atoms. The molecule has 56 valence electrons. The summed E-state index contributed by atoms with van der Waals surface area (Å²) in [6.07, 6.45) is 1.85. The first-order valence-electron chi connectivity index (χ1n) is 3.34. The maximum absolute atomic E-state index is 5.45. The van der Waals surface area contributed by atoms with Gasteiger partial charge in [0.25, 0.3) is 0 Å². The van der Waals surface area contributed by atoms with Crippen molar-refractivity contribution in [3.8, 4) is 0 Å². The van der Waals surface area contributed by atoms with Gasteiger partial charge in [0.15, 0.2) is 0 Å². The third kappa shape index (κ3) is 2.19. The van der Waals surface area contributed by atoms with Crippen LogP contribution in [0.4, 0.5) is 0 Å². The Bertz CT molecular complexity index is 168. The minimum absolute atomic E-state index is 0.606. The molecule has 0 fully saturated rings. The lowest BCUT2D eigenvalue weighted by Crippen LogP contribution is -2.16. The monoisotopic (exact) mass is 140 g/mol. The molecule has 0 unspecified atom stereocenters. The lowest BCUT2D eigenvalue weighted by atomic mass is 10.3. The number of hydrogen-bond acceptors (Lipinski definition) is 3. The SMILES string of the molecule is CC(N)=CC1=NCCOC1. The molecule has 0 aromatic carbocycles. The van der Waals surface area contributed by atoms with E-state index in [2.05, 4.69) is 4.99 Å². The fourth-order valence-electron chi connectivity index (χ4n) is 0.826. The van der Waals surface area contributed by atoms with Gasteiger partial charge in [-0.25, -0.2) is 0 Å². The minimum Gasteiger partial charge on any atom is -0.402 e. The van der Waals surface area contributed by atoms with Gasteiger partial charge < -0.3 is 10.5 Å². The van der Waals surface area contributed by atoms with Crippen LogP contribution in [0.2, 0.25) is 0 Å². The summed E-state index contributed by atoms with van der Waals surface area (Å²) in [5, 5.41) is 0. The summed E-state index contributed by atoms with van der Waals surface area (Å²) in [5.74, 6) is 0. The topological polar surface area (TPSA) is 47.6 Å². The number of nitrogens with two attached hydrogens (primary N) is 1. The van der Waals surface area contributed by atoms with E-state index in [0.717, 1.165) is 24.6 Å². The second-order valence-electron chi connectivity index (χ2n) is 2.31. The minimum atomic E-state index is 0.606. The molecule has 0 spiro atoms. The van der Waals surface area contributed by atoms with Crippen molar-refractivity contribution in [3.05, 3.63) is 11.8 Å². The maximum atomic E-state index is 5.45.